The average molecular weight is 339 g/mol. The average Bonchev–Trinajstić information content (AvgIpc) is 3.05. The van der Waals surface area contributed by atoms with Crippen LogP contribution in [0.5, 0.6) is 5.75 Å². The van der Waals surface area contributed by atoms with E-state index in [0.717, 1.165) is 18.5 Å². The van der Waals surface area contributed by atoms with Gasteiger partial charge in [-0.25, -0.2) is 9.97 Å². The normalized spacial score (nSPS) is 16.1. The Hall–Kier alpha value is -2.80. The van der Waals surface area contributed by atoms with Crippen LogP contribution in [0, 0.1) is 0 Å². The van der Waals surface area contributed by atoms with Crippen LogP contribution in [0.3, 0.4) is 0 Å². The van der Waals surface area contributed by atoms with Crippen molar-refractivity contribution >= 4 is 22.5 Å². The minimum absolute atomic E-state index is 0.103. The number of aromatic amines is 1. The number of benzene rings is 1. The zero-order valence-corrected chi connectivity index (χ0v) is 14.1. The molecule has 0 saturated carbocycles. The first-order valence-corrected chi connectivity index (χ1v) is 8.37. The molecule has 7 nitrogen and oxygen atoms in total. The van der Waals surface area contributed by atoms with E-state index in [0.29, 0.717) is 30.6 Å². The number of hydrogen-bond donors (Lipinski definition) is 3. The highest BCUT2D eigenvalue weighted by atomic mass is 16.5. The van der Waals surface area contributed by atoms with Crippen LogP contribution in [0.25, 0.3) is 10.9 Å². The van der Waals surface area contributed by atoms with Crippen molar-refractivity contribution in [2.75, 3.05) is 37.5 Å². The van der Waals surface area contributed by atoms with Gasteiger partial charge in [0.15, 0.2) is 11.6 Å². The SMILES string of the molecule is COCC1COc2c(NCCc3c[nH]c4ccccc34)ncnc2N1. The van der Waals surface area contributed by atoms with E-state index in [1.54, 1.807) is 13.4 Å². The number of nitrogens with zero attached hydrogens (tertiary/aromatic N) is 2. The van der Waals surface area contributed by atoms with E-state index in [9.17, 15) is 0 Å². The van der Waals surface area contributed by atoms with Gasteiger partial charge in [-0.05, 0) is 18.1 Å². The van der Waals surface area contributed by atoms with E-state index >= 15 is 0 Å². The number of ether oxygens (including phenoxy) is 2. The highest BCUT2D eigenvalue weighted by Gasteiger charge is 2.23. The lowest BCUT2D eigenvalue weighted by molar-refractivity contribution is 0.154. The number of aromatic nitrogens is 3. The summed E-state index contributed by atoms with van der Waals surface area (Å²) in [5.74, 6) is 2.10. The topological polar surface area (TPSA) is 84.1 Å². The number of para-hydroxylation sites is 1. The van der Waals surface area contributed by atoms with E-state index in [2.05, 4.69) is 50.0 Å². The smallest absolute Gasteiger partial charge is 0.204 e. The lowest BCUT2D eigenvalue weighted by atomic mass is 10.1. The maximum absolute atomic E-state index is 5.84. The molecule has 0 radical (unpaired) electrons. The third-order valence-corrected chi connectivity index (χ3v) is 4.30. The van der Waals surface area contributed by atoms with Gasteiger partial charge in [0.2, 0.25) is 5.75 Å². The van der Waals surface area contributed by atoms with Gasteiger partial charge in [-0.1, -0.05) is 18.2 Å². The molecule has 1 aliphatic rings. The molecule has 0 fully saturated rings. The van der Waals surface area contributed by atoms with Crippen LogP contribution in [0.2, 0.25) is 0 Å². The first kappa shape index (κ1) is 15.7. The molecule has 0 spiro atoms. The molecule has 0 saturated heterocycles. The van der Waals surface area contributed by atoms with E-state index in [-0.39, 0.29) is 6.04 Å². The molecule has 0 bridgehead atoms. The molecule has 1 aromatic carbocycles. The first-order chi connectivity index (χ1) is 12.3. The van der Waals surface area contributed by atoms with Crippen molar-refractivity contribution in [1.29, 1.82) is 0 Å². The summed E-state index contributed by atoms with van der Waals surface area (Å²) >= 11 is 0. The van der Waals surface area contributed by atoms with Crippen LogP contribution in [-0.4, -0.2) is 47.9 Å². The maximum atomic E-state index is 5.84. The van der Waals surface area contributed by atoms with Gasteiger partial charge in [0, 0.05) is 30.8 Å². The van der Waals surface area contributed by atoms with Crippen molar-refractivity contribution in [3.05, 3.63) is 42.4 Å². The lowest BCUT2D eigenvalue weighted by Crippen LogP contribution is -2.36. The van der Waals surface area contributed by atoms with Crippen molar-refractivity contribution in [3.8, 4) is 5.75 Å². The van der Waals surface area contributed by atoms with Gasteiger partial charge in [-0.3, -0.25) is 0 Å². The minimum Gasteiger partial charge on any atom is -0.484 e. The minimum atomic E-state index is 0.103. The summed E-state index contributed by atoms with van der Waals surface area (Å²) < 4.78 is 11.0. The van der Waals surface area contributed by atoms with Crippen LogP contribution < -0.4 is 15.4 Å². The van der Waals surface area contributed by atoms with E-state index in [1.165, 1.54) is 10.9 Å². The Morgan fingerprint density at radius 2 is 2.24 bits per heavy atom. The highest BCUT2D eigenvalue weighted by Crippen LogP contribution is 2.32. The van der Waals surface area contributed by atoms with Gasteiger partial charge >= 0.3 is 0 Å². The molecule has 0 amide bonds. The molecule has 130 valence electrons. The number of methoxy groups -OCH3 is 1. The molecule has 3 heterocycles. The summed E-state index contributed by atoms with van der Waals surface area (Å²) in [5.41, 5.74) is 2.44. The maximum Gasteiger partial charge on any atom is 0.204 e. The monoisotopic (exact) mass is 339 g/mol. The van der Waals surface area contributed by atoms with Crippen molar-refractivity contribution in [2.24, 2.45) is 0 Å². The number of anilines is 2. The van der Waals surface area contributed by atoms with Crippen LogP contribution in [0.1, 0.15) is 5.56 Å². The fraction of sp³-hybridized carbons (Fsp3) is 0.333. The van der Waals surface area contributed by atoms with Gasteiger partial charge in [-0.15, -0.1) is 0 Å². The zero-order valence-electron chi connectivity index (χ0n) is 14.1. The van der Waals surface area contributed by atoms with Crippen molar-refractivity contribution < 1.29 is 9.47 Å². The van der Waals surface area contributed by atoms with E-state index in [4.69, 9.17) is 9.47 Å². The van der Waals surface area contributed by atoms with Crippen LogP contribution in [-0.2, 0) is 11.2 Å². The largest absolute Gasteiger partial charge is 0.484 e. The lowest BCUT2D eigenvalue weighted by Gasteiger charge is -2.27. The predicted octanol–water partition coefficient (Wildman–Crippen LogP) is 2.43. The second-order valence-corrected chi connectivity index (χ2v) is 6.04. The highest BCUT2D eigenvalue weighted by molar-refractivity contribution is 5.83. The molecule has 0 aliphatic carbocycles. The molecular formula is C18H21N5O2. The Labute approximate surface area is 145 Å². The molecule has 25 heavy (non-hydrogen) atoms. The van der Waals surface area contributed by atoms with Gasteiger partial charge in [0.25, 0.3) is 0 Å². The summed E-state index contributed by atoms with van der Waals surface area (Å²) in [7, 11) is 1.68. The van der Waals surface area contributed by atoms with E-state index < -0.39 is 0 Å². The molecular weight excluding hydrogens is 318 g/mol. The Bertz CT molecular complexity index is 864. The molecule has 3 N–H and O–H groups in total. The first-order valence-electron chi connectivity index (χ1n) is 8.37. The van der Waals surface area contributed by atoms with Crippen LogP contribution >= 0.6 is 0 Å². The molecule has 1 atom stereocenters. The summed E-state index contributed by atoms with van der Waals surface area (Å²) in [6.07, 6.45) is 4.50. The second-order valence-electron chi connectivity index (χ2n) is 6.04. The van der Waals surface area contributed by atoms with Gasteiger partial charge in [-0.2, -0.15) is 0 Å². The third kappa shape index (κ3) is 3.23. The second kappa shape index (κ2) is 6.98. The Morgan fingerprint density at radius 3 is 3.16 bits per heavy atom. The zero-order chi connectivity index (χ0) is 17.1. The number of fused-ring (bicyclic) bond motifs is 2. The van der Waals surface area contributed by atoms with Crippen molar-refractivity contribution in [3.63, 3.8) is 0 Å². The molecule has 7 heteroatoms. The fourth-order valence-corrected chi connectivity index (χ4v) is 3.10. The molecule has 4 rings (SSSR count). The molecule has 1 unspecified atom stereocenters. The van der Waals surface area contributed by atoms with Crippen LogP contribution in [0.15, 0.2) is 36.8 Å². The number of rotatable bonds is 6. The van der Waals surface area contributed by atoms with Crippen molar-refractivity contribution in [2.45, 2.75) is 12.5 Å². The van der Waals surface area contributed by atoms with Gasteiger partial charge < -0.3 is 25.1 Å². The molecule has 1 aliphatic heterocycles. The standard InChI is InChI=1S/C18H21N5O2/c1-24-9-13-10-25-16-17(21-11-22-18(16)23-13)19-7-6-12-8-20-15-5-3-2-4-14(12)15/h2-5,8,11,13,20H,6-7,9-10H2,1H3,(H2,19,21,22,23). The number of nitrogens with one attached hydrogen (secondary N) is 3. The van der Waals surface area contributed by atoms with Crippen molar-refractivity contribution in [1.82, 2.24) is 15.0 Å². The number of hydrogen-bond acceptors (Lipinski definition) is 6. The Morgan fingerprint density at radius 1 is 1.32 bits per heavy atom. The summed E-state index contributed by atoms with van der Waals surface area (Å²) in [6, 6.07) is 8.42. The Balaban J connectivity index is 1.43. The fourth-order valence-electron chi connectivity index (χ4n) is 3.10. The van der Waals surface area contributed by atoms with E-state index in [1.807, 2.05) is 6.07 Å². The molecule has 2 aromatic heterocycles. The molecule has 3 aromatic rings. The predicted molar refractivity (Wildman–Crippen MR) is 97.3 cm³/mol. The third-order valence-electron chi connectivity index (χ3n) is 4.30. The van der Waals surface area contributed by atoms with Gasteiger partial charge in [0.05, 0.1) is 12.6 Å². The van der Waals surface area contributed by atoms with Crippen LogP contribution in [0.4, 0.5) is 11.6 Å². The quantitative estimate of drug-likeness (QED) is 0.640. The Kier molecular flexibility index (Phi) is 4.39. The number of H-pyrrole nitrogens is 1. The summed E-state index contributed by atoms with van der Waals surface area (Å²) in [5, 5.41) is 7.94. The summed E-state index contributed by atoms with van der Waals surface area (Å²) in [4.78, 5) is 11.9. The summed E-state index contributed by atoms with van der Waals surface area (Å²) in [6.45, 7) is 1.87. The van der Waals surface area contributed by atoms with Gasteiger partial charge in [0.1, 0.15) is 12.9 Å².